The van der Waals surface area contributed by atoms with Gasteiger partial charge in [0.15, 0.2) is 0 Å². The molecule has 1 aromatic carbocycles. The number of rotatable bonds is 16. The molecule has 39 heavy (non-hydrogen) atoms. The summed E-state index contributed by atoms with van der Waals surface area (Å²) < 4.78 is 4.22. The number of azo groups is 1. The third-order valence-corrected chi connectivity index (χ3v) is 6.57. The Hall–Kier alpha value is -3.95. The number of carbonyl (C=O) groups excluding carboxylic acids is 2. The summed E-state index contributed by atoms with van der Waals surface area (Å²) in [6.45, 7) is 17.2. The zero-order valence-electron chi connectivity index (χ0n) is 23.4. The third-order valence-electron chi connectivity index (χ3n) is 6.57. The van der Waals surface area contributed by atoms with E-state index in [-0.39, 0.29) is 11.8 Å². The normalized spacial score (nSPS) is 12.9. The van der Waals surface area contributed by atoms with Crippen molar-refractivity contribution in [1.82, 2.24) is 15.2 Å². The van der Waals surface area contributed by atoms with Crippen molar-refractivity contribution in [1.29, 1.82) is 0 Å². The molecular formula is C29H43N8O2+. The fourth-order valence-electron chi connectivity index (χ4n) is 4.64. The van der Waals surface area contributed by atoms with Gasteiger partial charge in [-0.05, 0) is 43.9 Å². The van der Waals surface area contributed by atoms with Crippen LogP contribution in [-0.2, 0) is 22.7 Å². The summed E-state index contributed by atoms with van der Waals surface area (Å²) >= 11 is 0. The molecule has 0 aliphatic carbocycles. The highest BCUT2D eigenvalue weighted by Gasteiger charge is 2.22. The number of unbranched alkanes of at least 4 members (excludes halogenated alkanes) is 2. The lowest BCUT2D eigenvalue weighted by Crippen LogP contribution is -2.41. The first-order valence-corrected chi connectivity index (χ1v) is 13.8. The molecule has 0 spiro atoms. The Labute approximate surface area is 232 Å². The van der Waals surface area contributed by atoms with E-state index in [4.69, 9.17) is 5.11 Å². The molecule has 0 radical (unpaired) electrons. The maximum absolute atomic E-state index is 11.2. The van der Waals surface area contributed by atoms with Gasteiger partial charge in [0, 0.05) is 58.2 Å². The van der Waals surface area contributed by atoms with Crippen molar-refractivity contribution in [2.45, 2.75) is 52.6 Å². The first-order chi connectivity index (χ1) is 18.9. The summed E-state index contributed by atoms with van der Waals surface area (Å²) in [6.07, 6.45) is 11.5. The number of hydrogen-bond acceptors (Lipinski definition) is 6. The minimum Gasteiger partial charge on any atom is -0.364 e. The van der Waals surface area contributed by atoms with Crippen LogP contribution in [0.4, 0.5) is 23.0 Å². The zero-order valence-corrected chi connectivity index (χ0v) is 23.4. The van der Waals surface area contributed by atoms with Crippen molar-refractivity contribution in [2.24, 2.45) is 10.2 Å². The summed E-state index contributed by atoms with van der Waals surface area (Å²) in [5.41, 5.74) is 3.08. The van der Waals surface area contributed by atoms with Crippen LogP contribution in [0.15, 0.2) is 66.1 Å². The van der Waals surface area contributed by atoms with Crippen molar-refractivity contribution >= 4 is 34.8 Å². The van der Waals surface area contributed by atoms with Gasteiger partial charge in [-0.15, -0.1) is 13.2 Å². The number of anilines is 2. The van der Waals surface area contributed by atoms with E-state index >= 15 is 0 Å². The van der Waals surface area contributed by atoms with Crippen LogP contribution in [0.1, 0.15) is 39.5 Å². The summed E-state index contributed by atoms with van der Waals surface area (Å²) in [5.74, 6) is 0.766. The van der Waals surface area contributed by atoms with Crippen LogP contribution in [0.2, 0.25) is 0 Å². The van der Waals surface area contributed by atoms with Crippen LogP contribution in [0.5, 0.6) is 0 Å². The number of benzene rings is 1. The quantitative estimate of drug-likeness (QED) is 0.147. The molecule has 2 amide bonds. The van der Waals surface area contributed by atoms with Crippen LogP contribution < -0.4 is 25.0 Å². The van der Waals surface area contributed by atoms with Crippen molar-refractivity contribution < 1.29 is 14.2 Å². The molecule has 1 aliphatic rings. The summed E-state index contributed by atoms with van der Waals surface area (Å²) in [5, 5.41) is 15.1. The van der Waals surface area contributed by atoms with Crippen LogP contribution in [0, 0.1) is 0 Å². The minimum absolute atomic E-state index is 0.00752. The molecule has 0 fully saturated rings. The van der Waals surface area contributed by atoms with Gasteiger partial charge < -0.3 is 20.4 Å². The van der Waals surface area contributed by atoms with Crippen LogP contribution in [0.3, 0.4) is 0 Å². The molecule has 2 aromatic rings. The first kappa shape index (κ1) is 29.6. The average Bonchev–Trinajstić information content (AvgIpc) is 3.29. The molecule has 3 rings (SSSR count). The maximum Gasteiger partial charge on any atom is 0.421 e. The van der Waals surface area contributed by atoms with Gasteiger partial charge in [0.2, 0.25) is 11.8 Å². The highest BCUT2D eigenvalue weighted by atomic mass is 16.2. The minimum atomic E-state index is -0.00752. The number of carbonyl (C=O) groups is 2. The molecule has 1 aliphatic heterocycles. The molecule has 0 saturated heterocycles. The van der Waals surface area contributed by atoms with Crippen molar-refractivity contribution in [3.8, 4) is 0 Å². The van der Waals surface area contributed by atoms with Gasteiger partial charge in [-0.2, -0.15) is 0 Å². The Bertz CT molecular complexity index is 1110. The maximum atomic E-state index is 11.2. The summed E-state index contributed by atoms with van der Waals surface area (Å²) in [6, 6.07) is 6.21. The molecule has 2 heterocycles. The van der Waals surface area contributed by atoms with Gasteiger partial charge in [-0.1, -0.05) is 17.3 Å². The Kier molecular flexibility index (Phi) is 11.7. The van der Waals surface area contributed by atoms with Crippen LogP contribution >= 0.6 is 0 Å². The van der Waals surface area contributed by atoms with E-state index in [0.29, 0.717) is 13.1 Å². The molecule has 0 bridgehead atoms. The third kappa shape index (κ3) is 9.08. The number of nitrogens with zero attached hydrogens (tertiary/aromatic N) is 6. The smallest absolute Gasteiger partial charge is 0.364 e. The van der Waals surface area contributed by atoms with E-state index in [1.807, 2.05) is 30.6 Å². The van der Waals surface area contributed by atoms with Gasteiger partial charge in [-0.3, -0.25) is 9.59 Å². The predicted molar refractivity (Wildman–Crippen MR) is 156 cm³/mol. The van der Waals surface area contributed by atoms with E-state index in [9.17, 15) is 9.59 Å². The number of fused-ring (bicyclic) bond motifs is 1. The van der Waals surface area contributed by atoms with E-state index < -0.39 is 0 Å². The molecule has 0 unspecified atom stereocenters. The Morgan fingerprint density at radius 2 is 1.56 bits per heavy atom. The van der Waals surface area contributed by atoms with Crippen molar-refractivity contribution in [3.63, 3.8) is 0 Å². The fraction of sp³-hybridized carbons (Fsp3) is 0.483. The second-order valence-corrected chi connectivity index (χ2v) is 9.71. The fourth-order valence-corrected chi connectivity index (χ4v) is 4.64. The lowest BCUT2D eigenvalue weighted by Gasteiger charge is -2.38. The zero-order chi connectivity index (χ0) is 28.0. The monoisotopic (exact) mass is 535 g/mol. The van der Waals surface area contributed by atoms with E-state index in [1.165, 1.54) is 19.5 Å². The van der Waals surface area contributed by atoms with E-state index in [1.54, 1.807) is 0 Å². The Balaban J connectivity index is 1.78. The van der Waals surface area contributed by atoms with Crippen molar-refractivity contribution in [2.75, 3.05) is 49.1 Å². The molecule has 210 valence electrons. The highest BCUT2D eigenvalue weighted by Crippen LogP contribution is 2.36. The number of nitrogens with one attached hydrogen (secondary N) is 2. The van der Waals surface area contributed by atoms with E-state index in [0.717, 1.165) is 82.3 Å². The first-order valence-electron chi connectivity index (χ1n) is 13.8. The number of imidazole rings is 1. The number of aryl methyl sites for hydroxylation is 2. The molecule has 0 saturated carbocycles. The average molecular weight is 536 g/mol. The lowest BCUT2D eigenvalue weighted by atomic mass is 10.1. The predicted octanol–water partition coefficient (Wildman–Crippen LogP) is 4.02. The molecule has 2 N–H and O–H groups in total. The highest BCUT2D eigenvalue weighted by molar-refractivity contribution is 5.77. The van der Waals surface area contributed by atoms with Gasteiger partial charge in [0.25, 0.3) is 0 Å². The summed E-state index contributed by atoms with van der Waals surface area (Å²) in [7, 11) is 0. The van der Waals surface area contributed by atoms with Gasteiger partial charge >= 0.3 is 5.95 Å². The van der Waals surface area contributed by atoms with Crippen LogP contribution in [0.25, 0.3) is 0 Å². The number of aromatic nitrogens is 2. The topological polar surface area (TPSA) is 98.2 Å². The molecule has 1 aromatic heterocycles. The van der Waals surface area contributed by atoms with Crippen LogP contribution in [-0.4, -0.2) is 55.6 Å². The summed E-state index contributed by atoms with van der Waals surface area (Å²) in [4.78, 5) is 26.9. The van der Waals surface area contributed by atoms with Gasteiger partial charge in [0.05, 0.1) is 36.9 Å². The molecule has 10 heteroatoms. The second kappa shape index (κ2) is 15.5. The molecule has 10 nitrogen and oxygen atoms in total. The van der Waals surface area contributed by atoms with Crippen molar-refractivity contribution in [3.05, 3.63) is 55.9 Å². The van der Waals surface area contributed by atoms with Gasteiger partial charge in [0.1, 0.15) is 5.69 Å². The Morgan fingerprint density at radius 3 is 2.21 bits per heavy atom. The SMILES string of the molecule is C=CCN1CCN(CC=C)c2cc(N=Nc3n(CCCCNC(C)=O)cc[n+]3CCCCNC(C)=O)ccc21. The standard InChI is InChI=1S/C29H42N8O2/c1-5-15-34-19-20-35(16-6-2)28-23-26(11-12-27(28)34)32-33-29-36(17-9-7-13-30-24(3)38)21-22-37(29)18-10-8-14-31-25(4)39/h5-6,11-12,21-23H,1-2,7-10,13-20H2,3-4H3,(H-,30,31,38,39)/p+1. The van der Waals surface area contributed by atoms with Gasteiger partial charge in [-0.25, -0.2) is 9.13 Å². The number of hydrogen-bond donors (Lipinski definition) is 2. The second-order valence-electron chi connectivity index (χ2n) is 9.71. The number of amides is 2. The Morgan fingerprint density at radius 1 is 0.923 bits per heavy atom. The lowest BCUT2D eigenvalue weighted by molar-refractivity contribution is -0.684. The molecule has 0 atom stereocenters. The molecular weight excluding hydrogens is 492 g/mol. The van der Waals surface area contributed by atoms with E-state index in [2.05, 4.69) is 60.0 Å². The largest absolute Gasteiger partial charge is 0.421 e.